The molecule has 0 bridgehead atoms. The molecule has 0 saturated carbocycles. The third-order valence-corrected chi connectivity index (χ3v) is 3.89. The summed E-state index contributed by atoms with van der Waals surface area (Å²) >= 11 is 0. The fourth-order valence-electron chi connectivity index (χ4n) is 2.75. The van der Waals surface area contributed by atoms with Gasteiger partial charge in [-0.25, -0.2) is 0 Å². The van der Waals surface area contributed by atoms with Crippen molar-refractivity contribution in [2.75, 3.05) is 0 Å². The van der Waals surface area contributed by atoms with Gasteiger partial charge in [-0.1, -0.05) is 18.2 Å². The summed E-state index contributed by atoms with van der Waals surface area (Å²) < 4.78 is 39.4. The van der Waals surface area contributed by atoms with Gasteiger partial charge >= 0.3 is 6.18 Å². The van der Waals surface area contributed by atoms with Crippen molar-refractivity contribution < 1.29 is 18.0 Å². The predicted octanol–water partition coefficient (Wildman–Crippen LogP) is 3.82. The number of hydrogen-bond donors (Lipinski definition) is 0. The van der Waals surface area contributed by atoms with E-state index >= 15 is 0 Å². The molecule has 1 aromatic carbocycles. The van der Waals surface area contributed by atoms with Crippen molar-refractivity contribution >= 4 is 5.91 Å². The van der Waals surface area contributed by atoms with E-state index in [0.29, 0.717) is 11.3 Å². The number of pyridine rings is 1. The second-order valence-electron chi connectivity index (χ2n) is 5.19. The number of aromatic nitrogens is 1. The van der Waals surface area contributed by atoms with Gasteiger partial charge in [0.25, 0.3) is 5.91 Å². The molecule has 2 heterocycles. The summed E-state index contributed by atoms with van der Waals surface area (Å²) in [5.41, 5.74) is 0.443. The summed E-state index contributed by atoms with van der Waals surface area (Å²) in [6.45, 7) is 1.83. The highest BCUT2D eigenvalue weighted by Gasteiger charge is 2.38. The minimum absolute atomic E-state index is 0.0937. The standard InChI is InChI=1S/C16H13F3N2O/c1-10(11-5-2-3-7-13(11)16(17,18)19)21-9-14-12(15(21)22)6-4-8-20-14/h2-8,10H,9H2,1H3/t10-/m0/s1. The molecule has 3 rings (SSSR count). The Kier molecular flexibility index (Phi) is 3.39. The molecule has 0 spiro atoms. The molecule has 6 heteroatoms. The van der Waals surface area contributed by atoms with Crippen LogP contribution in [-0.2, 0) is 12.7 Å². The lowest BCUT2D eigenvalue weighted by atomic mass is 10.00. The van der Waals surface area contributed by atoms with Crippen LogP contribution in [0.15, 0.2) is 42.6 Å². The second kappa shape index (κ2) is 5.12. The molecular weight excluding hydrogens is 293 g/mol. The monoisotopic (exact) mass is 306 g/mol. The first-order valence-corrected chi connectivity index (χ1v) is 6.80. The van der Waals surface area contributed by atoms with E-state index in [-0.39, 0.29) is 18.0 Å². The van der Waals surface area contributed by atoms with Crippen molar-refractivity contribution in [1.29, 1.82) is 0 Å². The summed E-state index contributed by atoms with van der Waals surface area (Å²) in [6, 6.07) is 7.96. The molecule has 1 atom stereocenters. The number of amides is 1. The SMILES string of the molecule is C[C@@H](c1ccccc1C(F)(F)F)N1Cc2ncccc2C1=O. The zero-order chi connectivity index (χ0) is 15.9. The van der Waals surface area contributed by atoms with Crippen molar-refractivity contribution in [3.05, 3.63) is 65.0 Å². The van der Waals surface area contributed by atoms with E-state index in [1.54, 1.807) is 31.3 Å². The Morgan fingerprint density at radius 1 is 1.18 bits per heavy atom. The molecule has 0 saturated heterocycles. The topological polar surface area (TPSA) is 33.2 Å². The summed E-state index contributed by atoms with van der Waals surface area (Å²) in [5, 5.41) is 0. The van der Waals surface area contributed by atoms with Crippen molar-refractivity contribution in [3.8, 4) is 0 Å². The Hall–Kier alpha value is -2.37. The number of carbonyl (C=O) groups is 1. The first-order valence-electron chi connectivity index (χ1n) is 6.80. The number of hydrogen-bond acceptors (Lipinski definition) is 2. The minimum Gasteiger partial charge on any atom is -0.326 e. The smallest absolute Gasteiger partial charge is 0.326 e. The van der Waals surface area contributed by atoms with Crippen LogP contribution in [0.5, 0.6) is 0 Å². The largest absolute Gasteiger partial charge is 0.416 e. The van der Waals surface area contributed by atoms with E-state index in [2.05, 4.69) is 4.98 Å². The molecule has 0 unspecified atom stereocenters. The van der Waals surface area contributed by atoms with Crippen LogP contribution in [0.25, 0.3) is 0 Å². The maximum Gasteiger partial charge on any atom is 0.416 e. The van der Waals surface area contributed by atoms with E-state index in [0.717, 1.165) is 6.07 Å². The maximum atomic E-state index is 13.1. The van der Waals surface area contributed by atoms with Gasteiger partial charge in [0, 0.05) is 6.20 Å². The van der Waals surface area contributed by atoms with Crippen LogP contribution in [0, 0.1) is 0 Å². The lowest BCUT2D eigenvalue weighted by Crippen LogP contribution is -2.29. The average molecular weight is 306 g/mol. The third kappa shape index (κ3) is 2.34. The van der Waals surface area contributed by atoms with Gasteiger partial charge in [-0.05, 0) is 30.7 Å². The van der Waals surface area contributed by atoms with Crippen molar-refractivity contribution in [1.82, 2.24) is 9.88 Å². The van der Waals surface area contributed by atoms with Gasteiger partial charge in [0.05, 0.1) is 29.4 Å². The van der Waals surface area contributed by atoms with Crippen LogP contribution >= 0.6 is 0 Å². The second-order valence-corrected chi connectivity index (χ2v) is 5.19. The Labute approximate surface area is 125 Å². The zero-order valence-corrected chi connectivity index (χ0v) is 11.8. The fraction of sp³-hybridized carbons (Fsp3) is 0.250. The number of alkyl halides is 3. The summed E-state index contributed by atoms with van der Waals surface area (Å²) in [4.78, 5) is 17.9. The van der Waals surface area contributed by atoms with E-state index in [1.807, 2.05) is 0 Å². The summed E-state index contributed by atoms with van der Waals surface area (Å²) in [7, 11) is 0. The molecule has 1 aliphatic heterocycles. The number of rotatable bonds is 2. The quantitative estimate of drug-likeness (QED) is 0.845. The molecule has 1 aliphatic rings. The molecular formula is C16H13F3N2O. The zero-order valence-electron chi connectivity index (χ0n) is 11.8. The van der Waals surface area contributed by atoms with Gasteiger partial charge in [-0.3, -0.25) is 9.78 Å². The highest BCUT2D eigenvalue weighted by Crippen LogP contribution is 2.38. The van der Waals surface area contributed by atoms with E-state index in [4.69, 9.17) is 0 Å². The Bertz CT molecular complexity index is 727. The molecule has 1 amide bonds. The Balaban J connectivity index is 1.97. The molecule has 22 heavy (non-hydrogen) atoms. The molecule has 0 fully saturated rings. The van der Waals surface area contributed by atoms with Gasteiger partial charge in [0.2, 0.25) is 0 Å². The molecule has 0 aliphatic carbocycles. The van der Waals surface area contributed by atoms with Crippen LogP contribution in [0.4, 0.5) is 13.2 Å². The minimum atomic E-state index is -4.45. The number of halogens is 3. The summed E-state index contributed by atoms with van der Waals surface area (Å²) in [5.74, 6) is -0.285. The molecule has 114 valence electrons. The third-order valence-electron chi connectivity index (χ3n) is 3.89. The Morgan fingerprint density at radius 3 is 2.59 bits per heavy atom. The van der Waals surface area contributed by atoms with Gasteiger partial charge in [-0.15, -0.1) is 0 Å². The summed E-state index contributed by atoms with van der Waals surface area (Å²) in [6.07, 6.45) is -2.87. The number of nitrogens with zero attached hydrogens (tertiary/aromatic N) is 2. The normalized spacial score (nSPS) is 15.8. The van der Waals surface area contributed by atoms with Gasteiger partial charge in [0.15, 0.2) is 0 Å². The lowest BCUT2D eigenvalue weighted by Gasteiger charge is -2.27. The Morgan fingerprint density at radius 2 is 1.91 bits per heavy atom. The predicted molar refractivity (Wildman–Crippen MR) is 74.0 cm³/mol. The van der Waals surface area contributed by atoms with Crippen LogP contribution < -0.4 is 0 Å². The lowest BCUT2D eigenvalue weighted by molar-refractivity contribution is -0.138. The number of benzene rings is 1. The fourth-order valence-corrected chi connectivity index (χ4v) is 2.75. The molecule has 1 aromatic heterocycles. The first kappa shape index (κ1) is 14.6. The highest BCUT2D eigenvalue weighted by atomic mass is 19.4. The van der Waals surface area contributed by atoms with E-state index in [9.17, 15) is 18.0 Å². The first-order chi connectivity index (χ1) is 10.4. The van der Waals surface area contributed by atoms with Crippen molar-refractivity contribution in [2.24, 2.45) is 0 Å². The average Bonchev–Trinajstić information content (AvgIpc) is 2.83. The van der Waals surface area contributed by atoms with E-state index < -0.39 is 17.8 Å². The molecule has 2 aromatic rings. The number of carbonyl (C=O) groups excluding carboxylic acids is 1. The van der Waals surface area contributed by atoms with Crippen LogP contribution in [0.1, 0.15) is 40.1 Å². The van der Waals surface area contributed by atoms with Crippen molar-refractivity contribution in [3.63, 3.8) is 0 Å². The van der Waals surface area contributed by atoms with E-state index in [1.165, 1.54) is 17.0 Å². The molecule has 0 radical (unpaired) electrons. The van der Waals surface area contributed by atoms with Crippen LogP contribution in [0.2, 0.25) is 0 Å². The van der Waals surface area contributed by atoms with Crippen LogP contribution in [-0.4, -0.2) is 15.8 Å². The van der Waals surface area contributed by atoms with Gasteiger partial charge < -0.3 is 4.90 Å². The molecule has 3 nitrogen and oxygen atoms in total. The van der Waals surface area contributed by atoms with Crippen molar-refractivity contribution in [2.45, 2.75) is 25.7 Å². The highest BCUT2D eigenvalue weighted by molar-refractivity contribution is 5.98. The maximum absolute atomic E-state index is 13.1. The molecule has 0 N–H and O–H groups in total. The van der Waals surface area contributed by atoms with Gasteiger partial charge in [0.1, 0.15) is 0 Å². The van der Waals surface area contributed by atoms with Gasteiger partial charge in [-0.2, -0.15) is 13.2 Å². The number of fused-ring (bicyclic) bond motifs is 1. The van der Waals surface area contributed by atoms with Crippen LogP contribution in [0.3, 0.4) is 0 Å².